The number of benzene rings is 2. The summed E-state index contributed by atoms with van der Waals surface area (Å²) in [6, 6.07) is 11.8. The fourth-order valence-electron chi connectivity index (χ4n) is 3.97. The van der Waals surface area contributed by atoms with Crippen LogP contribution in [0.25, 0.3) is 0 Å². The minimum Gasteiger partial charge on any atom is -0.494 e. The first-order valence-corrected chi connectivity index (χ1v) is 13.7. The number of hydrogen-bond acceptors (Lipinski definition) is 9. The highest BCUT2D eigenvalue weighted by atomic mass is 35.5. The van der Waals surface area contributed by atoms with Gasteiger partial charge in [-0.15, -0.1) is 0 Å². The molecule has 0 amide bonds. The van der Waals surface area contributed by atoms with Gasteiger partial charge in [0.2, 0.25) is 16.0 Å². The maximum atomic E-state index is 12.8. The van der Waals surface area contributed by atoms with Crippen molar-refractivity contribution in [2.45, 2.75) is 37.3 Å². The van der Waals surface area contributed by atoms with Crippen LogP contribution in [0.4, 0.5) is 23.1 Å². The number of para-hydroxylation sites is 1. The van der Waals surface area contributed by atoms with E-state index in [9.17, 15) is 8.42 Å². The second kappa shape index (κ2) is 11.5. The second-order valence-electron chi connectivity index (χ2n) is 9.07. The number of hydrogen-bond donors (Lipinski definition) is 3. The van der Waals surface area contributed by atoms with Crippen molar-refractivity contribution in [2.24, 2.45) is 0 Å². The van der Waals surface area contributed by atoms with Crippen molar-refractivity contribution in [3.63, 3.8) is 0 Å². The number of halogens is 1. The molecule has 1 unspecified atom stereocenters. The van der Waals surface area contributed by atoms with Gasteiger partial charge in [-0.1, -0.05) is 23.7 Å². The van der Waals surface area contributed by atoms with Crippen molar-refractivity contribution in [2.75, 3.05) is 37.9 Å². The monoisotopic (exact) mass is 546 g/mol. The summed E-state index contributed by atoms with van der Waals surface area (Å²) in [5.74, 6) is 1.77. The number of aromatic nitrogens is 2. The van der Waals surface area contributed by atoms with E-state index < -0.39 is 10.0 Å². The van der Waals surface area contributed by atoms with Crippen LogP contribution in [0.2, 0.25) is 5.02 Å². The van der Waals surface area contributed by atoms with E-state index in [1.807, 2.05) is 18.2 Å². The molecule has 1 saturated heterocycles. The van der Waals surface area contributed by atoms with Gasteiger partial charge in [-0.25, -0.2) is 18.1 Å². The van der Waals surface area contributed by atoms with Crippen LogP contribution in [-0.2, 0) is 10.0 Å². The maximum Gasteiger partial charge on any atom is 0.242 e. The Morgan fingerprint density at radius 1 is 1.14 bits per heavy atom. The number of nitrogens with zero attached hydrogens (tertiary/aromatic N) is 3. The summed E-state index contributed by atoms with van der Waals surface area (Å²) in [7, 11) is -0.102. The van der Waals surface area contributed by atoms with E-state index >= 15 is 0 Å². The molecule has 4 rings (SSSR count). The van der Waals surface area contributed by atoms with Crippen LogP contribution in [0, 0.1) is 0 Å². The Morgan fingerprint density at radius 3 is 2.62 bits per heavy atom. The summed E-state index contributed by atoms with van der Waals surface area (Å²) in [6.45, 7) is 5.41. The van der Waals surface area contributed by atoms with Crippen molar-refractivity contribution < 1.29 is 17.9 Å². The molecular weight excluding hydrogens is 516 g/mol. The van der Waals surface area contributed by atoms with Gasteiger partial charge in [-0.3, -0.25) is 0 Å². The SMILES string of the molecule is COc1cc(OC2CCN(C)C2)ccc1Nc1ncc(Cl)c(Nc2ccccc2S(=O)(=O)NC(C)C)n1. The zero-order valence-corrected chi connectivity index (χ0v) is 22.7. The van der Waals surface area contributed by atoms with E-state index in [1.54, 1.807) is 39.2 Å². The Bertz CT molecular complexity index is 1350. The molecular formula is C25H31ClN6O4S. The van der Waals surface area contributed by atoms with Gasteiger partial charge in [0.05, 0.1) is 24.7 Å². The summed E-state index contributed by atoms with van der Waals surface area (Å²) in [5.41, 5.74) is 0.967. The molecule has 1 aliphatic rings. The lowest BCUT2D eigenvalue weighted by Gasteiger charge is -2.17. The molecule has 3 aromatic rings. The molecule has 0 radical (unpaired) electrons. The molecule has 0 aliphatic carbocycles. The van der Waals surface area contributed by atoms with Gasteiger partial charge in [-0.05, 0) is 51.6 Å². The standard InChI is InChI=1S/C25H31ClN6O4S/c1-16(2)31-37(33,34)23-8-6-5-7-21(23)28-24-19(26)14-27-25(30-24)29-20-10-9-17(13-22(20)35-4)36-18-11-12-32(3)15-18/h5-10,13-14,16,18,31H,11-12,15H2,1-4H3,(H2,27,28,29,30). The number of methoxy groups -OCH3 is 1. The van der Waals surface area contributed by atoms with Crippen LogP contribution >= 0.6 is 11.6 Å². The number of likely N-dealkylation sites (tertiary alicyclic amines) is 1. The third kappa shape index (κ3) is 6.80. The van der Waals surface area contributed by atoms with Crippen molar-refractivity contribution in [3.05, 3.63) is 53.7 Å². The highest BCUT2D eigenvalue weighted by Gasteiger charge is 2.22. The predicted octanol–water partition coefficient (Wildman–Crippen LogP) is 4.40. The molecule has 1 aliphatic heterocycles. The fraction of sp³-hybridized carbons (Fsp3) is 0.360. The molecule has 3 N–H and O–H groups in total. The molecule has 10 nitrogen and oxygen atoms in total. The Balaban J connectivity index is 1.55. The van der Waals surface area contributed by atoms with Crippen LogP contribution in [0.3, 0.4) is 0 Å². The zero-order chi connectivity index (χ0) is 26.6. The fourth-order valence-corrected chi connectivity index (χ4v) is 5.52. The van der Waals surface area contributed by atoms with Crippen LogP contribution in [-0.4, -0.2) is 62.7 Å². The molecule has 0 spiro atoms. The molecule has 12 heteroatoms. The summed E-state index contributed by atoms with van der Waals surface area (Å²) < 4.78 is 39.9. The highest BCUT2D eigenvalue weighted by molar-refractivity contribution is 7.89. The lowest BCUT2D eigenvalue weighted by molar-refractivity contribution is 0.207. The summed E-state index contributed by atoms with van der Waals surface area (Å²) in [5, 5.41) is 6.39. The van der Waals surface area contributed by atoms with Gasteiger partial charge in [0, 0.05) is 25.2 Å². The molecule has 1 fully saturated rings. The molecule has 1 atom stereocenters. The van der Waals surface area contributed by atoms with Gasteiger partial charge in [0.25, 0.3) is 0 Å². The molecule has 2 aromatic carbocycles. The van der Waals surface area contributed by atoms with Crippen LogP contribution in [0.15, 0.2) is 53.6 Å². The molecule has 0 saturated carbocycles. The lowest BCUT2D eigenvalue weighted by Crippen LogP contribution is -2.30. The number of sulfonamides is 1. The predicted molar refractivity (Wildman–Crippen MR) is 145 cm³/mol. The third-order valence-corrected chi connectivity index (χ3v) is 7.63. The van der Waals surface area contributed by atoms with Crippen molar-refractivity contribution in [1.29, 1.82) is 0 Å². The second-order valence-corrected chi connectivity index (χ2v) is 11.2. The van der Waals surface area contributed by atoms with Crippen molar-refractivity contribution >= 4 is 44.8 Å². The number of nitrogens with one attached hydrogen (secondary N) is 3. The number of likely N-dealkylation sites (N-methyl/N-ethyl adjacent to an activating group) is 1. The smallest absolute Gasteiger partial charge is 0.242 e. The van der Waals surface area contributed by atoms with E-state index in [4.69, 9.17) is 21.1 Å². The quantitative estimate of drug-likeness (QED) is 0.340. The Hall–Kier alpha value is -3.12. The van der Waals surface area contributed by atoms with E-state index in [-0.39, 0.29) is 33.8 Å². The largest absolute Gasteiger partial charge is 0.494 e. The van der Waals surface area contributed by atoms with E-state index in [1.165, 1.54) is 12.3 Å². The van der Waals surface area contributed by atoms with Crippen molar-refractivity contribution in [1.82, 2.24) is 19.6 Å². The summed E-state index contributed by atoms with van der Waals surface area (Å²) >= 11 is 6.35. The Labute approximate surface area is 222 Å². The van der Waals surface area contributed by atoms with Crippen LogP contribution in [0.5, 0.6) is 11.5 Å². The minimum absolute atomic E-state index is 0.0820. The molecule has 37 heavy (non-hydrogen) atoms. The number of rotatable bonds is 10. The van der Waals surface area contributed by atoms with Gasteiger partial charge in [0.1, 0.15) is 27.5 Å². The molecule has 0 bridgehead atoms. The highest BCUT2D eigenvalue weighted by Crippen LogP contribution is 2.33. The van der Waals surface area contributed by atoms with Crippen LogP contribution < -0.4 is 24.8 Å². The summed E-state index contributed by atoms with van der Waals surface area (Å²) in [6.07, 6.45) is 2.55. The minimum atomic E-state index is -3.75. The number of ether oxygens (including phenoxy) is 2. The average molecular weight is 547 g/mol. The maximum absolute atomic E-state index is 12.8. The number of anilines is 4. The average Bonchev–Trinajstić information content (AvgIpc) is 3.26. The third-order valence-electron chi connectivity index (χ3n) is 5.63. The van der Waals surface area contributed by atoms with E-state index in [2.05, 4.69) is 37.3 Å². The first-order valence-electron chi connectivity index (χ1n) is 11.9. The van der Waals surface area contributed by atoms with E-state index in [0.29, 0.717) is 17.1 Å². The Kier molecular flexibility index (Phi) is 8.38. The summed E-state index contributed by atoms with van der Waals surface area (Å²) in [4.78, 5) is 11.0. The van der Waals surface area contributed by atoms with Crippen molar-refractivity contribution in [3.8, 4) is 11.5 Å². The Morgan fingerprint density at radius 2 is 1.92 bits per heavy atom. The molecule has 2 heterocycles. The van der Waals surface area contributed by atoms with Gasteiger partial charge in [-0.2, -0.15) is 4.98 Å². The molecule has 198 valence electrons. The first kappa shape index (κ1) is 26.9. The van der Waals surface area contributed by atoms with Gasteiger partial charge < -0.3 is 25.0 Å². The molecule has 1 aromatic heterocycles. The zero-order valence-electron chi connectivity index (χ0n) is 21.2. The first-order chi connectivity index (χ1) is 17.6. The lowest BCUT2D eigenvalue weighted by atomic mass is 10.2. The topological polar surface area (TPSA) is 118 Å². The normalized spacial score (nSPS) is 16.1. The van der Waals surface area contributed by atoms with Crippen LogP contribution in [0.1, 0.15) is 20.3 Å². The van der Waals surface area contributed by atoms with E-state index in [0.717, 1.165) is 25.3 Å². The van der Waals surface area contributed by atoms with Gasteiger partial charge in [0.15, 0.2) is 5.82 Å². The van der Waals surface area contributed by atoms with Gasteiger partial charge >= 0.3 is 0 Å².